The van der Waals surface area contributed by atoms with Gasteiger partial charge in [0.25, 0.3) is 5.91 Å². The zero-order valence-electron chi connectivity index (χ0n) is 14.9. The first-order valence-electron chi connectivity index (χ1n) is 8.56. The van der Waals surface area contributed by atoms with E-state index in [9.17, 15) is 14.4 Å². The summed E-state index contributed by atoms with van der Waals surface area (Å²) in [6, 6.07) is 17.2. The third-order valence-corrected chi connectivity index (χ3v) is 5.41. The van der Waals surface area contributed by atoms with Gasteiger partial charge in [-0.05, 0) is 55.5 Å². The third-order valence-electron chi connectivity index (χ3n) is 4.32. The van der Waals surface area contributed by atoms with Crippen LogP contribution in [-0.4, -0.2) is 17.5 Å². The number of thioether (sulfide) groups is 1. The largest absolute Gasteiger partial charge is 0.459 e. The predicted molar refractivity (Wildman–Crippen MR) is 107 cm³/mol. The highest BCUT2D eigenvalue weighted by atomic mass is 32.2. The number of amides is 1. The van der Waals surface area contributed by atoms with Gasteiger partial charge in [0.1, 0.15) is 0 Å². The highest BCUT2D eigenvalue weighted by Crippen LogP contribution is 2.40. The first-order chi connectivity index (χ1) is 13.5. The Balaban J connectivity index is 1.75. The van der Waals surface area contributed by atoms with E-state index < -0.39 is 5.91 Å². The highest BCUT2D eigenvalue weighted by molar-refractivity contribution is 8.04. The van der Waals surface area contributed by atoms with E-state index in [2.05, 4.69) is 0 Å². The molecule has 6 heteroatoms. The van der Waals surface area contributed by atoms with Crippen molar-refractivity contribution in [2.45, 2.75) is 11.8 Å². The standard InChI is InChI=1S/C22H15NO4S/c1-14(24)15-8-10-16(11-9-15)23(22(26)18-6-4-12-27-18)13-20-21(25)17-5-2-3-7-19(17)28-20/h2-13H,1H3. The number of fused-ring (bicyclic) bond motifs is 1. The Morgan fingerprint density at radius 1 is 1.00 bits per heavy atom. The molecule has 0 N–H and O–H groups in total. The van der Waals surface area contributed by atoms with Gasteiger partial charge in [-0.1, -0.05) is 23.9 Å². The van der Waals surface area contributed by atoms with Crippen LogP contribution < -0.4 is 4.90 Å². The molecule has 0 fully saturated rings. The average molecular weight is 389 g/mol. The number of benzene rings is 2. The van der Waals surface area contributed by atoms with E-state index in [4.69, 9.17) is 4.42 Å². The summed E-state index contributed by atoms with van der Waals surface area (Å²) in [5, 5.41) is 0. The number of anilines is 1. The molecular formula is C22H15NO4S. The van der Waals surface area contributed by atoms with E-state index in [-0.39, 0.29) is 17.3 Å². The van der Waals surface area contributed by atoms with Crippen molar-refractivity contribution in [1.29, 1.82) is 0 Å². The van der Waals surface area contributed by atoms with E-state index >= 15 is 0 Å². The van der Waals surface area contributed by atoms with E-state index in [1.807, 2.05) is 18.2 Å². The molecule has 0 saturated heterocycles. The first-order valence-corrected chi connectivity index (χ1v) is 9.38. The van der Waals surface area contributed by atoms with E-state index in [0.717, 1.165) is 4.90 Å². The number of furan rings is 1. The molecule has 2 heterocycles. The van der Waals surface area contributed by atoms with Crippen LogP contribution in [0.3, 0.4) is 0 Å². The Labute approximate surface area is 165 Å². The molecule has 0 bridgehead atoms. The summed E-state index contributed by atoms with van der Waals surface area (Å²) < 4.78 is 5.25. The van der Waals surface area contributed by atoms with Gasteiger partial charge in [-0.2, -0.15) is 0 Å². The number of ketones is 2. The lowest BCUT2D eigenvalue weighted by atomic mass is 10.1. The van der Waals surface area contributed by atoms with Gasteiger partial charge in [-0.25, -0.2) is 0 Å². The van der Waals surface area contributed by atoms with Crippen LogP contribution in [0.25, 0.3) is 0 Å². The molecular weight excluding hydrogens is 374 g/mol. The van der Waals surface area contributed by atoms with Gasteiger partial charge in [0.15, 0.2) is 11.5 Å². The van der Waals surface area contributed by atoms with Crippen molar-refractivity contribution in [1.82, 2.24) is 0 Å². The molecule has 2 aromatic carbocycles. The van der Waals surface area contributed by atoms with Crippen molar-refractivity contribution in [2.75, 3.05) is 4.90 Å². The smallest absolute Gasteiger partial charge is 0.298 e. The van der Waals surface area contributed by atoms with E-state index in [1.54, 1.807) is 42.5 Å². The normalized spacial score (nSPS) is 14.2. The number of nitrogens with zero attached hydrogens (tertiary/aromatic N) is 1. The Morgan fingerprint density at radius 2 is 1.75 bits per heavy atom. The molecule has 1 aromatic heterocycles. The molecule has 0 saturated carbocycles. The minimum atomic E-state index is -0.405. The lowest BCUT2D eigenvalue weighted by Crippen LogP contribution is -2.25. The van der Waals surface area contributed by atoms with Crippen molar-refractivity contribution in [3.05, 3.63) is 94.9 Å². The minimum Gasteiger partial charge on any atom is -0.459 e. The number of hydrogen-bond acceptors (Lipinski definition) is 5. The molecule has 0 unspecified atom stereocenters. The maximum atomic E-state index is 13.0. The zero-order chi connectivity index (χ0) is 19.7. The summed E-state index contributed by atoms with van der Waals surface area (Å²) in [4.78, 5) is 39.9. The Kier molecular flexibility index (Phi) is 4.71. The summed E-state index contributed by atoms with van der Waals surface area (Å²) in [5.74, 6) is -0.443. The second-order valence-corrected chi connectivity index (χ2v) is 7.26. The average Bonchev–Trinajstić information content (AvgIpc) is 3.35. The van der Waals surface area contributed by atoms with Crippen molar-refractivity contribution >= 4 is 34.9 Å². The summed E-state index contributed by atoms with van der Waals surface area (Å²) in [5.41, 5.74) is 1.69. The number of Topliss-reactive ketones (excluding diaryl/α,β-unsaturated/α-hetero) is 2. The molecule has 0 radical (unpaired) electrons. The lowest BCUT2D eigenvalue weighted by molar-refractivity contribution is 0.0970. The molecule has 28 heavy (non-hydrogen) atoms. The fraction of sp³-hybridized carbons (Fsp3) is 0.0455. The van der Waals surface area contributed by atoms with E-state index in [1.165, 1.54) is 36.0 Å². The molecule has 4 rings (SSSR count). The maximum Gasteiger partial charge on any atom is 0.298 e. The number of hydrogen-bond donors (Lipinski definition) is 0. The van der Waals surface area contributed by atoms with E-state index in [0.29, 0.717) is 21.7 Å². The van der Waals surface area contributed by atoms with Crippen LogP contribution in [0.1, 0.15) is 38.2 Å². The molecule has 1 amide bonds. The van der Waals surface area contributed by atoms with Crippen LogP contribution in [0.2, 0.25) is 0 Å². The van der Waals surface area contributed by atoms with Crippen molar-refractivity contribution in [2.24, 2.45) is 0 Å². The van der Waals surface area contributed by atoms with Gasteiger partial charge in [-0.15, -0.1) is 0 Å². The molecule has 1 aliphatic heterocycles. The van der Waals surface area contributed by atoms with Crippen LogP contribution in [0.4, 0.5) is 5.69 Å². The quantitative estimate of drug-likeness (QED) is 0.466. The fourth-order valence-corrected chi connectivity index (χ4v) is 3.88. The molecule has 0 atom stereocenters. The lowest BCUT2D eigenvalue weighted by Gasteiger charge is -2.18. The van der Waals surface area contributed by atoms with Crippen LogP contribution in [0.5, 0.6) is 0 Å². The molecule has 0 aliphatic carbocycles. The first kappa shape index (κ1) is 18.0. The third kappa shape index (κ3) is 3.30. The van der Waals surface area contributed by atoms with Gasteiger partial charge >= 0.3 is 0 Å². The van der Waals surface area contributed by atoms with Crippen molar-refractivity contribution in [3.8, 4) is 0 Å². The van der Waals surface area contributed by atoms with Crippen LogP contribution in [0, 0.1) is 0 Å². The summed E-state index contributed by atoms with van der Waals surface area (Å²) in [6.07, 6.45) is 2.95. The van der Waals surface area contributed by atoms with Crippen LogP contribution in [-0.2, 0) is 0 Å². The Hall–Kier alpha value is -3.38. The van der Waals surface area contributed by atoms with Gasteiger partial charge in [0, 0.05) is 27.9 Å². The number of allylic oxidation sites excluding steroid dienone is 1. The van der Waals surface area contributed by atoms with Crippen LogP contribution in [0.15, 0.2) is 87.3 Å². The van der Waals surface area contributed by atoms with Gasteiger partial charge in [0.05, 0.1) is 11.2 Å². The monoisotopic (exact) mass is 389 g/mol. The van der Waals surface area contributed by atoms with Gasteiger partial charge < -0.3 is 4.42 Å². The topological polar surface area (TPSA) is 67.6 Å². The van der Waals surface area contributed by atoms with Crippen molar-refractivity contribution in [3.63, 3.8) is 0 Å². The van der Waals surface area contributed by atoms with Crippen molar-refractivity contribution < 1.29 is 18.8 Å². The van der Waals surface area contributed by atoms with Gasteiger partial charge in [-0.3, -0.25) is 19.3 Å². The number of rotatable bonds is 4. The predicted octanol–water partition coefficient (Wildman–Crippen LogP) is 4.96. The molecule has 3 aromatic rings. The fourth-order valence-electron chi connectivity index (χ4n) is 2.87. The summed E-state index contributed by atoms with van der Waals surface area (Å²) in [7, 11) is 0. The van der Waals surface area contributed by atoms with Gasteiger partial charge in [0.2, 0.25) is 5.78 Å². The Bertz CT molecular complexity index is 1100. The minimum absolute atomic E-state index is 0.0641. The highest BCUT2D eigenvalue weighted by Gasteiger charge is 2.28. The summed E-state index contributed by atoms with van der Waals surface area (Å²) in [6.45, 7) is 1.48. The SMILES string of the molecule is CC(=O)c1ccc(N(C=C2Sc3ccccc3C2=O)C(=O)c2ccco2)cc1. The molecule has 1 aliphatic rings. The second kappa shape index (κ2) is 7.32. The molecule has 0 spiro atoms. The zero-order valence-corrected chi connectivity index (χ0v) is 15.7. The molecule has 5 nitrogen and oxygen atoms in total. The number of carbonyl (C=O) groups is 3. The second-order valence-electron chi connectivity index (χ2n) is 6.18. The molecule has 138 valence electrons. The summed E-state index contributed by atoms with van der Waals surface area (Å²) >= 11 is 1.32. The Morgan fingerprint density at radius 3 is 2.39 bits per heavy atom. The maximum absolute atomic E-state index is 13.0. The number of carbonyl (C=O) groups excluding carboxylic acids is 3. The van der Waals surface area contributed by atoms with Crippen LogP contribution >= 0.6 is 11.8 Å².